The number of ether oxygens (including phenoxy) is 1. The summed E-state index contributed by atoms with van der Waals surface area (Å²) in [5.41, 5.74) is 0. The van der Waals surface area contributed by atoms with E-state index in [1.165, 1.54) is 0 Å². The fourth-order valence-electron chi connectivity index (χ4n) is 0.361. The third kappa shape index (κ3) is 28.6. The Balaban J connectivity index is 0. The lowest BCUT2D eigenvalue weighted by Gasteiger charge is -1.76. The van der Waals surface area contributed by atoms with Gasteiger partial charge in [-0.05, 0) is 0 Å². The number of rotatable bonds is 0. The highest BCUT2D eigenvalue weighted by Gasteiger charge is 1.92. The van der Waals surface area contributed by atoms with E-state index in [-0.39, 0.29) is 0 Å². The standard InChI is InChI=1S/C3H7NO.2CHNO/c1-2-5-3-4-1;2*2-1-3/h4H,1-3H2;2*2H. The van der Waals surface area contributed by atoms with Crippen molar-refractivity contribution < 1.29 is 14.3 Å². The number of carbonyl (C=O) groups excluding carboxylic acids is 2. The lowest BCUT2D eigenvalue weighted by atomic mass is 10.7. The minimum absolute atomic E-state index is 0.750. The van der Waals surface area contributed by atoms with Gasteiger partial charge in [-0.25, -0.2) is 20.4 Å². The zero-order chi connectivity index (χ0) is 8.95. The van der Waals surface area contributed by atoms with E-state index >= 15 is 0 Å². The number of nitrogens with one attached hydrogen (secondary N) is 3. The molecule has 1 fully saturated rings. The smallest absolute Gasteiger partial charge is 0.231 e. The van der Waals surface area contributed by atoms with Crippen molar-refractivity contribution in [1.29, 1.82) is 10.8 Å². The van der Waals surface area contributed by atoms with Crippen molar-refractivity contribution in [2.75, 3.05) is 19.9 Å². The zero-order valence-corrected chi connectivity index (χ0v) is 5.85. The molecule has 1 rings (SSSR count). The maximum absolute atomic E-state index is 8.35. The molecule has 0 bridgehead atoms. The fourth-order valence-corrected chi connectivity index (χ4v) is 0.361. The van der Waals surface area contributed by atoms with E-state index in [2.05, 4.69) is 5.32 Å². The van der Waals surface area contributed by atoms with Crippen molar-refractivity contribution >= 4 is 12.2 Å². The number of isocyanates is 2. The second-order valence-corrected chi connectivity index (χ2v) is 1.26. The summed E-state index contributed by atoms with van der Waals surface area (Å²) in [5.74, 6) is 0. The quantitative estimate of drug-likeness (QED) is 0.323. The summed E-state index contributed by atoms with van der Waals surface area (Å²) < 4.78 is 4.83. The normalized spacial score (nSPS) is 12.4. The van der Waals surface area contributed by atoms with Crippen LogP contribution in [-0.2, 0) is 14.3 Å². The molecule has 0 spiro atoms. The van der Waals surface area contributed by atoms with Gasteiger partial charge in [0.2, 0.25) is 12.2 Å². The molecule has 6 heteroatoms. The lowest BCUT2D eigenvalue weighted by molar-refractivity contribution is 0.194. The molecule has 0 amide bonds. The van der Waals surface area contributed by atoms with Gasteiger partial charge in [0, 0.05) is 6.54 Å². The zero-order valence-electron chi connectivity index (χ0n) is 5.85. The molecule has 0 atom stereocenters. The molecular weight excluding hydrogens is 150 g/mol. The van der Waals surface area contributed by atoms with Gasteiger partial charge >= 0.3 is 0 Å². The predicted molar refractivity (Wildman–Crippen MR) is 35.6 cm³/mol. The first kappa shape index (κ1) is 12.4. The van der Waals surface area contributed by atoms with Gasteiger partial charge in [0.15, 0.2) is 0 Å². The summed E-state index contributed by atoms with van der Waals surface area (Å²) in [6.07, 6.45) is 1.50. The van der Waals surface area contributed by atoms with E-state index in [0.29, 0.717) is 0 Å². The summed E-state index contributed by atoms with van der Waals surface area (Å²) in [5, 5.41) is 13.8. The fraction of sp³-hybridized carbons (Fsp3) is 0.600. The van der Waals surface area contributed by atoms with Gasteiger partial charge in [-0.15, -0.1) is 0 Å². The van der Waals surface area contributed by atoms with Crippen LogP contribution in [0.4, 0.5) is 0 Å². The average Bonchev–Trinajstić information content (AvgIpc) is 2.44. The highest BCUT2D eigenvalue weighted by molar-refractivity contribution is 5.26. The highest BCUT2D eigenvalue weighted by atomic mass is 16.5. The predicted octanol–water partition coefficient (Wildman–Crippen LogP) is -0.634. The molecule has 0 aromatic carbocycles. The van der Waals surface area contributed by atoms with Crippen LogP contribution in [-0.4, -0.2) is 32.0 Å². The van der Waals surface area contributed by atoms with Gasteiger partial charge in [-0.1, -0.05) is 0 Å². The first-order valence-corrected chi connectivity index (χ1v) is 2.69. The molecule has 1 saturated heterocycles. The van der Waals surface area contributed by atoms with Crippen LogP contribution in [0.3, 0.4) is 0 Å². The molecule has 1 aliphatic heterocycles. The molecule has 0 aromatic heterocycles. The third-order valence-corrected chi connectivity index (χ3v) is 0.627. The molecule has 6 nitrogen and oxygen atoms in total. The molecule has 0 aromatic rings. The van der Waals surface area contributed by atoms with E-state index in [0.717, 1.165) is 32.0 Å². The van der Waals surface area contributed by atoms with E-state index in [9.17, 15) is 0 Å². The van der Waals surface area contributed by atoms with Gasteiger partial charge in [-0.3, -0.25) is 5.32 Å². The molecule has 11 heavy (non-hydrogen) atoms. The molecule has 1 heterocycles. The Bertz CT molecular complexity index is 112. The van der Waals surface area contributed by atoms with Crippen LogP contribution in [0.15, 0.2) is 0 Å². The maximum Gasteiger partial charge on any atom is 0.231 e. The average molecular weight is 159 g/mol. The molecule has 3 N–H and O–H groups in total. The molecule has 0 unspecified atom stereocenters. The summed E-state index contributed by atoms with van der Waals surface area (Å²) in [7, 11) is 0. The Kier molecular flexibility index (Phi) is 17.8. The molecule has 1 aliphatic rings. The van der Waals surface area contributed by atoms with E-state index in [1.54, 1.807) is 0 Å². The van der Waals surface area contributed by atoms with Crippen LogP contribution in [0.2, 0.25) is 0 Å². The van der Waals surface area contributed by atoms with E-state index < -0.39 is 0 Å². The monoisotopic (exact) mass is 159 g/mol. The van der Waals surface area contributed by atoms with Crippen LogP contribution < -0.4 is 5.32 Å². The first-order chi connectivity index (χ1) is 5.33. The molecular formula is C5H9N3O3. The minimum atomic E-state index is 0.750. The van der Waals surface area contributed by atoms with Crippen molar-refractivity contribution in [3.63, 3.8) is 0 Å². The Morgan fingerprint density at radius 1 is 1.27 bits per heavy atom. The maximum atomic E-state index is 8.35. The van der Waals surface area contributed by atoms with E-state index in [4.69, 9.17) is 25.1 Å². The largest absolute Gasteiger partial charge is 0.365 e. The van der Waals surface area contributed by atoms with Crippen LogP contribution in [0.1, 0.15) is 0 Å². The molecule has 0 saturated carbocycles. The Morgan fingerprint density at radius 2 is 1.73 bits per heavy atom. The van der Waals surface area contributed by atoms with Crippen LogP contribution in [0, 0.1) is 10.8 Å². The second kappa shape index (κ2) is 15.9. The van der Waals surface area contributed by atoms with Gasteiger partial charge in [-0.2, -0.15) is 0 Å². The van der Waals surface area contributed by atoms with Crippen molar-refractivity contribution in [2.45, 2.75) is 0 Å². The number of hydrogen-bond donors (Lipinski definition) is 3. The summed E-state index contributed by atoms with van der Waals surface area (Å²) in [6.45, 7) is 2.67. The first-order valence-electron chi connectivity index (χ1n) is 2.69. The minimum Gasteiger partial charge on any atom is -0.365 e. The summed E-state index contributed by atoms with van der Waals surface area (Å²) in [6, 6.07) is 0. The van der Waals surface area contributed by atoms with E-state index in [1.807, 2.05) is 0 Å². The van der Waals surface area contributed by atoms with Gasteiger partial charge in [0.1, 0.15) is 0 Å². The summed E-state index contributed by atoms with van der Waals surface area (Å²) in [4.78, 5) is 16.7. The Hall–Kier alpha value is -1.32. The third-order valence-electron chi connectivity index (χ3n) is 0.627. The van der Waals surface area contributed by atoms with Gasteiger partial charge in [0.05, 0.1) is 13.3 Å². The highest BCUT2D eigenvalue weighted by Crippen LogP contribution is 1.75. The molecule has 0 radical (unpaired) electrons. The van der Waals surface area contributed by atoms with Crippen LogP contribution in [0.25, 0.3) is 0 Å². The van der Waals surface area contributed by atoms with Crippen molar-refractivity contribution in [1.82, 2.24) is 5.32 Å². The molecule has 0 aliphatic carbocycles. The van der Waals surface area contributed by atoms with Crippen molar-refractivity contribution in [3.05, 3.63) is 0 Å². The Labute approximate surface area is 63.6 Å². The topological polar surface area (TPSA) is 103 Å². The van der Waals surface area contributed by atoms with Crippen LogP contribution in [0.5, 0.6) is 0 Å². The van der Waals surface area contributed by atoms with Crippen molar-refractivity contribution in [3.8, 4) is 0 Å². The van der Waals surface area contributed by atoms with Crippen LogP contribution >= 0.6 is 0 Å². The lowest BCUT2D eigenvalue weighted by Crippen LogP contribution is -2.05. The Morgan fingerprint density at radius 3 is 1.82 bits per heavy atom. The molecule has 62 valence electrons. The summed E-state index contributed by atoms with van der Waals surface area (Å²) >= 11 is 0. The van der Waals surface area contributed by atoms with Gasteiger partial charge < -0.3 is 4.74 Å². The van der Waals surface area contributed by atoms with Crippen molar-refractivity contribution in [2.24, 2.45) is 0 Å². The SMILES string of the molecule is C1COCN1.N=C=O.N=C=O. The number of hydrogen-bond acceptors (Lipinski definition) is 6. The second-order valence-electron chi connectivity index (χ2n) is 1.26. The van der Waals surface area contributed by atoms with Gasteiger partial charge in [0.25, 0.3) is 0 Å².